The summed E-state index contributed by atoms with van der Waals surface area (Å²) in [6, 6.07) is 10.3. The van der Waals surface area contributed by atoms with Crippen LogP contribution in [0.4, 0.5) is 13.2 Å². The number of hydrogen-bond donors (Lipinski definition) is 0. The summed E-state index contributed by atoms with van der Waals surface area (Å²) in [5.74, 6) is 0.315. The molecule has 0 bridgehead atoms. The average Bonchev–Trinajstić information content (AvgIpc) is 2.80. The van der Waals surface area contributed by atoms with Crippen LogP contribution in [0, 0.1) is 3.57 Å². The number of benzene rings is 2. The van der Waals surface area contributed by atoms with Gasteiger partial charge in [0.2, 0.25) is 5.89 Å². The average molecular weight is 389 g/mol. The number of halogens is 4. The van der Waals surface area contributed by atoms with Crippen LogP contribution in [0.3, 0.4) is 0 Å². The van der Waals surface area contributed by atoms with Crippen LogP contribution in [0.1, 0.15) is 5.56 Å². The highest BCUT2D eigenvalue weighted by Crippen LogP contribution is 2.31. The largest absolute Gasteiger partial charge is 0.436 e. The molecule has 0 aliphatic heterocycles. The highest BCUT2D eigenvalue weighted by atomic mass is 127. The lowest BCUT2D eigenvalue weighted by Gasteiger charge is -2.05. The molecule has 2 nitrogen and oxygen atoms in total. The molecule has 0 N–H and O–H groups in total. The van der Waals surface area contributed by atoms with Crippen LogP contribution < -0.4 is 0 Å². The summed E-state index contributed by atoms with van der Waals surface area (Å²) < 4.78 is 44.0. The smallest absolute Gasteiger partial charge is 0.416 e. The zero-order valence-electron chi connectivity index (χ0n) is 9.91. The minimum absolute atomic E-state index is 0.315. The van der Waals surface area contributed by atoms with Gasteiger partial charge in [-0.2, -0.15) is 13.2 Å². The third-order valence-electron chi connectivity index (χ3n) is 2.81. The molecule has 20 heavy (non-hydrogen) atoms. The predicted molar refractivity (Wildman–Crippen MR) is 77.2 cm³/mol. The Kier molecular flexibility index (Phi) is 3.19. The van der Waals surface area contributed by atoms with Gasteiger partial charge in [0.1, 0.15) is 5.52 Å². The lowest BCUT2D eigenvalue weighted by molar-refractivity contribution is -0.137. The van der Waals surface area contributed by atoms with Crippen LogP contribution in [0.25, 0.3) is 22.6 Å². The van der Waals surface area contributed by atoms with Gasteiger partial charge >= 0.3 is 6.18 Å². The van der Waals surface area contributed by atoms with E-state index in [4.69, 9.17) is 4.42 Å². The Hall–Kier alpha value is -1.57. The molecule has 102 valence electrons. The molecule has 0 atom stereocenters. The zero-order valence-corrected chi connectivity index (χ0v) is 12.1. The Bertz CT molecular complexity index is 762. The van der Waals surface area contributed by atoms with Crippen LogP contribution in [-0.2, 0) is 6.18 Å². The Morgan fingerprint density at radius 1 is 1.00 bits per heavy atom. The minimum Gasteiger partial charge on any atom is -0.436 e. The summed E-state index contributed by atoms with van der Waals surface area (Å²) in [5.41, 5.74) is 1.13. The maximum absolute atomic E-state index is 12.5. The molecule has 0 saturated heterocycles. The minimum atomic E-state index is -4.34. The van der Waals surface area contributed by atoms with Crippen LogP contribution in [0.5, 0.6) is 0 Å². The molecular weight excluding hydrogens is 382 g/mol. The molecule has 0 aliphatic carbocycles. The topological polar surface area (TPSA) is 26.0 Å². The number of fused-ring (bicyclic) bond motifs is 1. The van der Waals surface area contributed by atoms with Crippen molar-refractivity contribution >= 4 is 33.7 Å². The quantitative estimate of drug-likeness (QED) is 0.541. The van der Waals surface area contributed by atoms with E-state index in [9.17, 15) is 13.2 Å². The van der Waals surface area contributed by atoms with Gasteiger partial charge in [-0.15, -0.1) is 0 Å². The van der Waals surface area contributed by atoms with Gasteiger partial charge in [-0.05, 0) is 65.1 Å². The number of rotatable bonds is 1. The van der Waals surface area contributed by atoms with E-state index < -0.39 is 11.7 Å². The fourth-order valence-electron chi connectivity index (χ4n) is 1.82. The summed E-state index contributed by atoms with van der Waals surface area (Å²) in [6.45, 7) is 0. The van der Waals surface area contributed by atoms with Crippen molar-refractivity contribution in [3.05, 3.63) is 51.6 Å². The highest BCUT2D eigenvalue weighted by molar-refractivity contribution is 14.1. The Balaban J connectivity index is 2.02. The Morgan fingerprint density at radius 3 is 2.35 bits per heavy atom. The maximum atomic E-state index is 12.5. The van der Waals surface area contributed by atoms with Crippen molar-refractivity contribution in [1.82, 2.24) is 4.98 Å². The van der Waals surface area contributed by atoms with E-state index >= 15 is 0 Å². The van der Waals surface area contributed by atoms with Gasteiger partial charge in [-0.25, -0.2) is 4.98 Å². The van der Waals surface area contributed by atoms with Gasteiger partial charge < -0.3 is 4.42 Å². The fourth-order valence-corrected chi connectivity index (χ4v) is 2.29. The highest BCUT2D eigenvalue weighted by Gasteiger charge is 2.30. The van der Waals surface area contributed by atoms with Crippen molar-refractivity contribution in [2.45, 2.75) is 6.18 Å². The second-order valence-corrected chi connectivity index (χ2v) is 5.45. The zero-order chi connectivity index (χ0) is 14.3. The molecule has 2 aromatic carbocycles. The van der Waals surface area contributed by atoms with Gasteiger partial charge in [0.05, 0.1) is 5.56 Å². The molecular formula is C14H7F3INO. The molecule has 6 heteroatoms. The SMILES string of the molecule is FC(F)(F)c1ccc(-c2nc3ccc(I)cc3o2)cc1. The van der Waals surface area contributed by atoms with Crippen molar-refractivity contribution in [2.75, 3.05) is 0 Å². The lowest BCUT2D eigenvalue weighted by atomic mass is 10.1. The first kappa shape index (κ1) is 13.4. The molecule has 1 heterocycles. The van der Waals surface area contributed by atoms with Gasteiger partial charge in [-0.3, -0.25) is 0 Å². The molecule has 3 aromatic rings. The molecule has 0 fully saturated rings. The predicted octanol–water partition coefficient (Wildman–Crippen LogP) is 5.12. The van der Waals surface area contributed by atoms with Gasteiger partial charge in [-0.1, -0.05) is 0 Å². The van der Waals surface area contributed by atoms with E-state index in [0.717, 1.165) is 15.7 Å². The second kappa shape index (κ2) is 4.76. The van der Waals surface area contributed by atoms with Crippen LogP contribution in [-0.4, -0.2) is 4.98 Å². The summed E-state index contributed by atoms with van der Waals surface area (Å²) in [7, 11) is 0. The number of alkyl halides is 3. The van der Waals surface area contributed by atoms with E-state index in [1.54, 1.807) is 0 Å². The number of aromatic nitrogens is 1. The third kappa shape index (κ3) is 2.52. The standard InChI is InChI=1S/C14H7F3INO/c15-14(16,17)9-3-1-8(2-4-9)13-19-11-6-5-10(18)7-12(11)20-13/h1-7H. The van der Waals surface area contributed by atoms with Gasteiger partial charge in [0.25, 0.3) is 0 Å². The van der Waals surface area contributed by atoms with E-state index in [0.29, 0.717) is 22.6 Å². The molecule has 0 amide bonds. The van der Waals surface area contributed by atoms with Crippen LogP contribution >= 0.6 is 22.6 Å². The molecule has 0 saturated carbocycles. The number of oxazole rings is 1. The van der Waals surface area contributed by atoms with Gasteiger partial charge in [0.15, 0.2) is 5.58 Å². The molecule has 1 aromatic heterocycles. The Morgan fingerprint density at radius 2 is 1.70 bits per heavy atom. The van der Waals surface area contributed by atoms with Crippen molar-refractivity contribution < 1.29 is 17.6 Å². The molecule has 0 radical (unpaired) electrons. The molecule has 0 unspecified atom stereocenters. The van der Waals surface area contributed by atoms with Crippen molar-refractivity contribution in [3.8, 4) is 11.5 Å². The number of hydrogen-bond acceptors (Lipinski definition) is 2. The first-order valence-corrected chi connectivity index (χ1v) is 6.75. The van der Waals surface area contributed by atoms with Crippen LogP contribution in [0.15, 0.2) is 46.9 Å². The first-order chi connectivity index (χ1) is 9.43. The number of nitrogens with zero attached hydrogens (tertiary/aromatic N) is 1. The monoisotopic (exact) mass is 389 g/mol. The summed E-state index contributed by atoms with van der Waals surface area (Å²) in [4.78, 5) is 4.26. The van der Waals surface area contributed by atoms with Gasteiger partial charge in [0, 0.05) is 9.13 Å². The lowest BCUT2D eigenvalue weighted by Crippen LogP contribution is -2.03. The van der Waals surface area contributed by atoms with E-state index in [1.165, 1.54) is 12.1 Å². The molecule has 3 rings (SSSR count). The van der Waals surface area contributed by atoms with Crippen molar-refractivity contribution in [1.29, 1.82) is 0 Å². The van der Waals surface area contributed by atoms with Crippen molar-refractivity contribution in [2.24, 2.45) is 0 Å². The third-order valence-corrected chi connectivity index (χ3v) is 3.48. The molecule has 0 spiro atoms. The molecule has 0 aliphatic rings. The fraction of sp³-hybridized carbons (Fsp3) is 0.0714. The van der Waals surface area contributed by atoms with E-state index in [2.05, 4.69) is 27.6 Å². The Labute approximate surface area is 125 Å². The van der Waals surface area contributed by atoms with E-state index in [-0.39, 0.29) is 0 Å². The normalized spacial score (nSPS) is 12.0. The summed E-state index contributed by atoms with van der Waals surface area (Å²) in [5, 5.41) is 0. The maximum Gasteiger partial charge on any atom is 0.416 e. The summed E-state index contributed by atoms with van der Waals surface area (Å²) >= 11 is 2.15. The summed E-state index contributed by atoms with van der Waals surface area (Å²) in [6.07, 6.45) is -4.34. The first-order valence-electron chi connectivity index (χ1n) is 5.67. The van der Waals surface area contributed by atoms with Crippen molar-refractivity contribution in [3.63, 3.8) is 0 Å². The van der Waals surface area contributed by atoms with E-state index in [1.807, 2.05) is 18.2 Å². The van der Waals surface area contributed by atoms with Crippen LogP contribution in [0.2, 0.25) is 0 Å². The second-order valence-electron chi connectivity index (χ2n) is 4.21.